The third-order valence-electron chi connectivity index (χ3n) is 3.59. The molecule has 0 aromatic heterocycles. The fourth-order valence-corrected chi connectivity index (χ4v) is 2.31. The van der Waals surface area contributed by atoms with Gasteiger partial charge in [-0.05, 0) is 24.3 Å². The van der Waals surface area contributed by atoms with Gasteiger partial charge in [-0.3, -0.25) is 4.79 Å². The van der Waals surface area contributed by atoms with Crippen LogP contribution in [0.5, 0.6) is 5.75 Å². The molecule has 0 bridgehead atoms. The lowest BCUT2D eigenvalue weighted by atomic mass is 10.1. The maximum atomic E-state index is 12.4. The summed E-state index contributed by atoms with van der Waals surface area (Å²) in [4.78, 5) is 12.4. The lowest BCUT2D eigenvalue weighted by Crippen LogP contribution is -2.33. The van der Waals surface area contributed by atoms with E-state index < -0.39 is 0 Å². The smallest absolute Gasteiger partial charge is 0.253 e. The molecule has 2 aromatic carbocycles. The van der Waals surface area contributed by atoms with E-state index in [0.29, 0.717) is 25.3 Å². The van der Waals surface area contributed by atoms with Crippen LogP contribution in [0.3, 0.4) is 0 Å². The molecule has 6 nitrogen and oxygen atoms in total. The van der Waals surface area contributed by atoms with E-state index in [4.69, 9.17) is 9.47 Å². The number of benzene rings is 2. The number of hydrogen-bond donors (Lipinski definition) is 3. The molecule has 3 N–H and O–H groups in total. The first-order valence-corrected chi connectivity index (χ1v) is 8.22. The molecule has 0 aliphatic carbocycles. The van der Waals surface area contributed by atoms with Gasteiger partial charge in [0.05, 0.1) is 25.0 Å². The van der Waals surface area contributed by atoms with E-state index in [1.165, 1.54) is 0 Å². The standard InChI is InChI=1S/C19H25N3O3/c1-24-13-12-20-10-11-21-19(23)17-8-3-4-9-18(17)22-15-6-5-7-16(14-15)25-2/h3-9,14,20,22H,10-13H2,1-2H3,(H,21,23). The molecule has 0 unspecified atom stereocenters. The summed E-state index contributed by atoms with van der Waals surface area (Å²) in [6.45, 7) is 2.66. The summed E-state index contributed by atoms with van der Waals surface area (Å²) in [6.07, 6.45) is 0. The first-order valence-electron chi connectivity index (χ1n) is 8.22. The highest BCUT2D eigenvalue weighted by atomic mass is 16.5. The molecule has 0 radical (unpaired) electrons. The molecular weight excluding hydrogens is 318 g/mol. The minimum Gasteiger partial charge on any atom is -0.497 e. The zero-order chi connectivity index (χ0) is 17.9. The first-order chi connectivity index (χ1) is 12.2. The van der Waals surface area contributed by atoms with Gasteiger partial charge in [0.25, 0.3) is 5.91 Å². The summed E-state index contributed by atoms with van der Waals surface area (Å²) in [6, 6.07) is 15.0. The summed E-state index contributed by atoms with van der Waals surface area (Å²) >= 11 is 0. The van der Waals surface area contributed by atoms with Crippen molar-refractivity contribution in [2.45, 2.75) is 0 Å². The normalized spacial score (nSPS) is 10.3. The summed E-state index contributed by atoms with van der Waals surface area (Å²) in [7, 11) is 3.29. The van der Waals surface area contributed by atoms with Gasteiger partial charge >= 0.3 is 0 Å². The second-order valence-corrected chi connectivity index (χ2v) is 5.40. The fraction of sp³-hybridized carbons (Fsp3) is 0.316. The molecule has 134 valence electrons. The van der Waals surface area contributed by atoms with Gasteiger partial charge in [0, 0.05) is 38.5 Å². The molecule has 0 atom stereocenters. The van der Waals surface area contributed by atoms with Gasteiger partial charge in [-0.25, -0.2) is 0 Å². The van der Waals surface area contributed by atoms with Crippen LogP contribution in [0.4, 0.5) is 11.4 Å². The molecule has 1 amide bonds. The largest absolute Gasteiger partial charge is 0.497 e. The van der Waals surface area contributed by atoms with Crippen LogP contribution in [0.15, 0.2) is 48.5 Å². The van der Waals surface area contributed by atoms with E-state index in [0.717, 1.165) is 23.7 Å². The van der Waals surface area contributed by atoms with E-state index in [2.05, 4.69) is 16.0 Å². The number of anilines is 2. The highest BCUT2D eigenvalue weighted by molar-refractivity contribution is 6.00. The molecule has 0 spiro atoms. The van der Waals surface area contributed by atoms with Crippen molar-refractivity contribution in [3.8, 4) is 5.75 Å². The van der Waals surface area contributed by atoms with Gasteiger partial charge < -0.3 is 25.4 Å². The summed E-state index contributed by atoms with van der Waals surface area (Å²) in [5, 5.41) is 9.38. The number of methoxy groups -OCH3 is 2. The van der Waals surface area contributed by atoms with Crippen LogP contribution < -0.4 is 20.7 Å². The second kappa shape index (κ2) is 10.3. The maximum Gasteiger partial charge on any atom is 0.253 e. The molecular formula is C19H25N3O3. The molecule has 0 fully saturated rings. The number of carbonyl (C=O) groups excluding carboxylic acids is 1. The van der Waals surface area contributed by atoms with E-state index >= 15 is 0 Å². The van der Waals surface area contributed by atoms with E-state index in [1.807, 2.05) is 42.5 Å². The van der Waals surface area contributed by atoms with Crippen molar-refractivity contribution >= 4 is 17.3 Å². The van der Waals surface area contributed by atoms with Crippen LogP contribution in [0.1, 0.15) is 10.4 Å². The number of rotatable bonds is 10. The van der Waals surface area contributed by atoms with Gasteiger partial charge in [0.1, 0.15) is 5.75 Å². The van der Waals surface area contributed by atoms with Gasteiger partial charge in [0.2, 0.25) is 0 Å². The Bertz CT molecular complexity index is 676. The van der Waals surface area contributed by atoms with Gasteiger partial charge in [-0.2, -0.15) is 0 Å². The van der Waals surface area contributed by atoms with Crippen LogP contribution in [0.25, 0.3) is 0 Å². The zero-order valence-electron chi connectivity index (χ0n) is 14.7. The Morgan fingerprint density at radius 2 is 1.84 bits per heavy atom. The third kappa shape index (κ3) is 6.10. The van der Waals surface area contributed by atoms with Crippen molar-refractivity contribution in [3.63, 3.8) is 0 Å². The van der Waals surface area contributed by atoms with Crippen molar-refractivity contribution in [1.82, 2.24) is 10.6 Å². The SMILES string of the molecule is COCCNCCNC(=O)c1ccccc1Nc1cccc(OC)c1. The van der Waals surface area contributed by atoms with E-state index in [1.54, 1.807) is 20.3 Å². The van der Waals surface area contributed by atoms with Crippen molar-refractivity contribution in [2.75, 3.05) is 45.8 Å². The number of carbonyl (C=O) groups is 1. The molecule has 2 rings (SSSR count). The molecule has 25 heavy (non-hydrogen) atoms. The highest BCUT2D eigenvalue weighted by Gasteiger charge is 2.10. The van der Waals surface area contributed by atoms with Gasteiger partial charge in [-0.1, -0.05) is 18.2 Å². The molecule has 2 aromatic rings. The molecule has 0 saturated carbocycles. The Kier molecular flexibility index (Phi) is 7.75. The van der Waals surface area contributed by atoms with Crippen molar-refractivity contribution < 1.29 is 14.3 Å². The molecule has 0 heterocycles. The summed E-state index contributed by atoms with van der Waals surface area (Å²) < 4.78 is 10.2. The Labute approximate surface area is 148 Å². The lowest BCUT2D eigenvalue weighted by molar-refractivity contribution is 0.0954. The zero-order valence-corrected chi connectivity index (χ0v) is 14.7. The summed E-state index contributed by atoms with van der Waals surface area (Å²) in [5.41, 5.74) is 2.21. The third-order valence-corrected chi connectivity index (χ3v) is 3.59. The average molecular weight is 343 g/mol. The topological polar surface area (TPSA) is 71.6 Å². The monoisotopic (exact) mass is 343 g/mol. The predicted octanol–water partition coefficient (Wildman–Crippen LogP) is 2.40. The van der Waals surface area contributed by atoms with Crippen molar-refractivity contribution in [3.05, 3.63) is 54.1 Å². The quantitative estimate of drug-likeness (QED) is 0.578. The van der Waals surface area contributed by atoms with Crippen LogP contribution in [-0.4, -0.2) is 46.4 Å². The van der Waals surface area contributed by atoms with Crippen LogP contribution in [0, 0.1) is 0 Å². The van der Waals surface area contributed by atoms with Crippen LogP contribution in [-0.2, 0) is 4.74 Å². The second-order valence-electron chi connectivity index (χ2n) is 5.40. The van der Waals surface area contributed by atoms with Crippen LogP contribution in [0.2, 0.25) is 0 Å². The van der Waals surface area contributed by atoms with E-state index in [9.17, 15) is 4.79 Å². The number of ether oxygens (including phenoxy) is 2. The maximum absolute atomic E-state index is 12.4. The van der Waals surface area contributed by atoms with Gasteiger partial charge in [-0.15, -0.1) is 0 Å². The Balaban J connectivity index is 1.96. The molecule has 0 saturated heterocycles. The average Bonchev–Trinajstić information content (AvgIpc) is 2.65. The molecule has 0 aliphatic heterocycles. The van der Waals surface area contributed by atoms with Crippen molar-refractivity contribution in [2.24, 2.45) is 0 Å². The number of amides is 1. The van der Waals surface area contributed by atoms with E-state index in [-0.39, 0.29) is 5.91 Å². The summed E-state index contributed by atoms with van der Waals surface area (Å²) in [5.74, 6) is 0.647. The highest BCUT2D eigenvalue weighted by Crippen LogP contribution is 2.23. The number of hydrogen-bond acceptors (Lipinski definition) is 5. The first kappa shape index (κ1) is 18.8. The number of para-hydroxylation sites is 1. The Morgan fingerprint density at radius 1 is 1.00 bits per heavy atom. The lowest BCUT2D eigenvalue weighted by Gasteiger charge is -2.13. The Morgan fingerprint density at radius 3 is 2.64 bits per heavy atom. The minimum absolute atomic E-state index is 0.112. The Hall–Kier alpha value is -2.57. The molecule has 6 heteroatoms. The van der Waals surface area contributed by atoms with Crippen LogP contribution >= 0.6 is 0 Å². The molecule has 0 aliphatic rings. The minimum atomic E-state index is -0.112. The van der Waals surface area contributed by atoms with Gasteiger partial charge in [0.15, 0.2) is 0 Å². The van der Waals surface area contributed by atoms with Crippen molar-refractivity contribution in [1.29, 1.82) is 0 Å². The fourth-order valence-electron chi connectivity index (χ4n) is 2.31. The predicted molar refractivity (Wildman–Crippen MR) is 99.8 cm³/mol. The number of nitrogens with one attached hydrogen (secondary N) is 3.